The minimum Gasteiger partial charge on any atom is -0.328 e. The number of amides is 1. The molecule has 1 atom stereocenters. The molecule has 0 fully saturated rings. The molecule has 0 saturated heterocycles. The number of nitrogens with two attached hydrogens (primary N) is 1. The molecule has 0 bridgehead atoms. The Morgan fingerprint density at radius 3 is 2.08 bits per heavy atom. The van der Waals surface area contributed by atoms with Crippen LogP contribution in [0.4, 0.5) is 5.69 Å². The largest absolute Gasteiger partial charge is 0.328 e. The van der Waals surface area contributed by atoms with Gasteiger partial charge < -0.3 is 10.6 Å². The monoisotopic (exact) mass is 385 g/mol. The number of halogens is 2. The maximum Gasteiger partial charge on any atom is 0.287 e. The van der Waals surface area contributed by atoms with Gasteiger partial charge in [-0.25, -0.2) is 0 Å². The topological polar surface area (TPSA) is 45.7 Å². The van der Waals surface area contributed by atoms with Crippen molar-refractivity contribution in [2.75, 3.05) is 5.32 Å². The number of quaternary nitrogens is 1. The van der Waals surface area contributed by atoms with E-state index in [1.54, 1.807) is 18.2 Å². The molecule has 0 aliphatic heterocycles. The summed E-state index contributed by atoms with van der Waals surface area (Å²) in [6, 6.07) is 24.4. The van der Waals surface area contributed by atoms with Gasteiger partial charge in [-0.1, -0.05) is 83.9 Å². The first-order chi connectivity index (χ1) is 12.6. The van der Waals surface area contributed by atoms with E-state index in [2.05, 4.69) is 5.32 Å². The van der Waals surface area contributed by atoms with Crippen LogP contribution in [-0.4, -0.2) is 5.91 Å². The fourth-order valence-electron chi connectivity index (χ4n) is 2.77. The van der Waals surface area contributed by atoms with Gasteiger partial charge in [0.25, 0.3) is 5.91 Å². The molecular weight excluding hydrogens is 367 g/mol. The summed E-state index contributed by atoms with van der Waals surface area (Å²) in [5.74, 6) is -0.120. The molecule has 3 N–H and O–H groups in total. The van der Waals surface area contributed by atoms with E-state index in [-0.39, 0.29) is 11.9 Å². The van der Waals surface area contributed by atoms with Gasteiger partial charge in [-0.15, -0.1) is 0 Å². The standard InChI is InChI=1S/C21H18Cl2N2O/c22-17-11-18(23)13-19(12-17)25-21(26)20(16-9-5-2-6-10-16)24-14-15-7-3-1-4-8-15/h1-13,20,24H,14H2,(H,25,26)/p+1/t20-/m0/s1. The van der Waals surface area contributed by atoms with Crippen LogP contribution in [0.5, 0.6) is 0 Å². The third-order valence-corrected chi connectivity index (χ3v) is 4.44. The lowest BCUT2D eigenvalue weighted by atomic mass is 10.1. The Morgan fingerprint density at radius 1 is 0.885 bits per heavy atom. The van der Waals surface area contributed by atoms with E-state index < -0.39 is 0 Å². The van der Waals surface area contributed by atoms with E-state index in [9.17, 15) is 4.79 Å². The molecule has 3 nitrogen and oxygen atoms in total. The molecule has 132 valence electrons. The van der Waals surface area contributed by atoms with E-state index in [1.165, 1.54) is 0 Å². The van der Waals surface area contributed by atoms with Gasteiger partial charge >= 0.3 is 0 Å². The molecule has 26 heavy (non-hydrogen) atoms. The quantitative estimate of drug-likeness (QED) is 0.647. The normalized spacial score (nSPS) is 11.8. The van der Waals surface area contributed by atoms with E-state index in [1.807, 2.05) is 66.0 Å². The second kappa shape index (κ2) is 8.86. The Labute approximate surface area is 163 Å². The smallest absolute Gasteiger partial charge is 0.287 e. The highest BCUT2D eigenvalue weighted by Crippen LogP contribution is 2.23. The molecule has 0 unspecified atom stereocenters. The van der Waals surface area contributed by atoms with Crippen molar-refractivity contribution in [3.63, 3.8) is 0 Å². The van der Waals surface area contributed by atoms with Crippen LogP contribution in [0.25, 0.3) is 0 Å². The Morgan fingerprint density at radius 2 is 1.46 bits per heavy atom. The molecule has 0 aliphatic rings. The first-order valence-electron chi connectivity index (χ1n) is 8.31. The predicted octanol–water partition coefficient (Wildman–Crippen LogP) is 4.44. The summed E-state index contributed by atoms with van der Waals surface area (Å²) in [6.07, 6.45) is 0. The van der Waals surface area contributed by atoms with Crippen molar-refractivity contribution in [3.8, 4) is 0 Å². The van der Waals surface area contributed by atoms with Crippen LogP contribution in [0.15, 0.2) is 78.9 Å². The number of benzene rings is 3. The minimum atomic E-state index is -0.380. The van der Waals surface area contributed by atoms with Crippen LogP contribution >= 0.6 is 23.2 Å². The second-order valence-corrected chi connectivity index (χ2v) is 6.83. The van der Waals surface area contributed by atoms with Crippen molar-refractivity contribution in [2.45, 2.75) is 12.6 Å². The van der Waals surface area contributed by atoms with Crippen molar-refractivity contribution in [2.24, 2.45) is 0 Å². The van der Waals surface area contributed by atoms with Crippen molar-refractivity contribution in [1.29, 1.82) is 0 Å². The fourth-order valence-corrected chi connectivity index (χ4v) is 3.29. The van der Waals surface area contributed by atoms with Crippen molar-refractivity contribution in [3.05, 3.63) is 100 Å². The van der Waals surface area contributed by atoms with E-state index in [0.29, 0.717) is 22.3 Å². The second-order valence-electron chi connectivity index (χ2n) is 5.96. The van der Waals surface area contributed by atoms with Crippen LogP contribution in [0.1, 0.15) is 17.2 Å². The third kappa shape index (κ3) is 5.09. The molecule has 5 heteroatoms. The van der Waals surface area contributed by atoms with Gasteiger partial charge in [-0.3, -0.25) is 4.79 Å². The zero-order valence-electron chi connectivity index (χ0n) is 14.0. The maximum absolute atomic E-state index is 12.9. The molecule has 0 heterocycles. The van der Waals surface area contributed by atoms with Gasteiger partial charge in [0.15, 0.2) is 6.04 Å². The van der Waals surface area contributed by atoms with E-state index in [4.69, 9.17) is 23.2 Å². The average Bonchev–Trinajstić information content (AvgIpc) is 2.63. The Bertz CT molecular complexity index is 849. The summed E-state index contributed by atoms with van der Waals surface area (Å²) in [6.45, 7) is 0.699. The maximum atomic E-state index is 12.9. The van der Waals surface area contributed by atoms with Gasteiger partial charge in [-0.05, 0) is 18.2 Å². The summed E-state index contributed by atoms with van der Waals surface area (Å²) >= 11 is 12.1. The highest BCUT2D eigenvalue weighted by Gasteiger charge is 2.24. The summed E-state index contributed by atoms with van der Waals surface area (Å²) in [5.41, 5.74) is 2.68. The van der Waals surface area contributed by atoms with Crippen LogP contribution in [-0.2, 0) is 11.3 Å². The number of nitrogens with one attached hydrogen (secondary N) is 1. The van der Waals surface area contributed by atoms with Gasteiger partial charge in [-0.2, -0.15) is 0 Å². The lowest BCUT2D eigenvalue weighted by Gasteiger charge is -2.16. The molecule has 3 aromatic carbocycles. The molecule has 3 rings (SSSR count). The molecule has 3 aromatic rings. The summed E-state index contributed by atoms with van der Waals surface area (Å²) in [7, 11) is 0. The molecule has 0 aromatic heterocycles. The average molecular weight is 386 g/mol. The highest BCUT2D eigenvalue weighted by molar-refractivity contribution is 6.35. The molecule has 0 saturated carbocycles. The first kappa shape index (κ1) is 18.5. The minimum absolute atomic E-state index is 0.120. The van der Waals surface area contributed by atoms with Gasteiger partial charge in [0, 0.05) is 26.9 Å². The molecule has 1 amide bonds. The van der Waals surface area contributed by atoms with E-state index >= 15 is 0 Å². The van der Waals surface area contributed by atoms with Crippen LogP contribution < -0.4 is 10.6 Å². The number of hydrogen-bond donors (Lipinski definition) is 2. The lowest BCUT2D eigenvalue weighted by molar-refractivity contribution is -0.697. The van der Waals surface area contributed by atoms with Crippen molar-refractivity contribution >= 4 is 34.8 Å². The summed E-state index contributed by atoms with van der Waals surface area (Å²) in [4.78, 5) is 12.9. The number of carbonyl (C=O) groups excluding carboxylic acids is 1. The van der Waals surface area contributed by atoms with Crippen molar-refractivity contribution < 1.29 is 10.1 Å². The Balaban J connectivity index is 1.79. The first-order valence-corrected chi connectivity index (χ1v) is 9.06. The number of carbonyl (C=O) groups is 1. The Hall–Kier alpha value is -2.33. The number of hydrogen-bond acceptors (Lipinski definition) is 1. The predicted molar refractivity (Wildman–Crippen MR) is 106 cm³/mol. The number of anilines is 1. The molecule has 0 spiro atoms. The number of rotatable bonds is 6. The fraction of sp³-hybridized carbons (Fsp3) is 0.0952. The molecule has 0 aliphatic carbocycles. The third-order valence-electron chi connectivity index (χ3n) is 4.00. The van der Waals surface area contributed by atoms with Gasteiger partial charge in [0.05, 0.1) is 0 Å². The summed E-state index contributed by atoms with van der Waals surface area (Å²) < 4.78 is 0. The highest BCUT2D eigenvalue weighted by atomic mass is 35.5. The van der Waals surface area contributed by atoms with Gasteiger partial charge in [0.2, 0.25) is 0 Å². The van der Waals surface area contributed by atoms with Crippen LogP contribution in [0, 0.1) is 0 Å². The molecule has 0 radical (unpaired) electrons. The summed E-state index contributed by atoms with van der Waals surface area (Å²) in [5, 5.41) is 5.91. The zero-order chi connectivity index (χ0) is 18.4. The lowest BCUT2D eigenvalue weighted by Crippen LogP contribution is -2.85. The van der Waals surface area contributed by atoms with Crippen LogP contribution in [0.2, 0.25) is 10.0 Å². The van der Waals surface area contributed by atoms with Crippen molar-refractivity contribution in [1.82, 2.24) is 0 Å². The van der Waals surface area contributed by atoms with Gasteiger partial charge in [0.1, 0.15) is 6.54 Å². The SMILES string of the molecule is O=C(Nc1cc(Cl)cc(Cl)c1)[C@@H]([NH2+]Cc1ccccc1)c1ccccc1. The zero-order valence-corrected chi connectivity index (χ0v) is 15.5. The molecular formula is C21H19Cl2N2O+. The van der Waals surface area contributed by atoms with E-state index in [0.717, 1.165) is 11.1 Å². The Kier molecular flexibility index (Phi) is 6.29. The van der Waals surface area contributed by atoms with Crippen LogP contribution in [0.3, 0.4) is 0 Å².